The second-order valence-corrected chi connectivity index (χ2v) is 5.56. The number of aromatic nitrogens is 2. The van der Waals surface area contributed by atoms with E-state index in [1.54, 1.807) is 12.4 Å². The molecule has 0 saturated heterocycles. The van der Waals surface area contributed by atoms with Gasteiger partial charge in [-0.15, -0.1) is 0 Å². The number of pyridine rings is 2. The van der Waals surface area contributed by atoms with Crippen LogP contribution in [0, 0.1) is 5.41 Å². The van der Waals surface area contributed by atoms with Gasteiger partial charge in [-0.3, -0.25) is 15.0 Å². The van der Waals surface area contributed by atoms with Gasteiger partial charge in [0.2, 0.25) is 0 Å². The first-order valence-corrected chi connectivity index (χ1v) is 6.42. The summed E-state index contributed by atoms with van der Waals surface area (Å²) in [5.74, 6) is 0. The highest BCUT2D eigenvalue weighted by Crippen LogP contribution is 2.23. The molecule has 2 heterocycles. The molecule has 0 saturated carbocycles. The fourth-order valence-corrected chi connectivity index (χ4v) is 1.68. The molecule has 0 radical (unpaired) electrons. The third kappa shape index (κ3) is 3.98. The monoisotopic (exact) mass is 253 g/mol. The molecule has 0 N–H and O–H groups in total. The van der Waals surface area contributed by atoms with Gasteiger partial charge in [-0.1, -0.05) is 32.9 Å². The zero-order chi connectivity index (χ0) is 13.7. The summed E-state index contributed by atoms with van der Waals surface area (Å²) < 4.78 is 0. The minimum absolute atomic E-state index is 0.0435. The highest BCUT2D eigenvalue weighted by Gasteiger charge is 2.16. The van der Waals surface area contributed by atoms with Gasteiger partial charge in [0.1, 0.15) is 6.04 Å². The number of rotatable bonds is 3. The van der Waals surface area contributed by atoms with Crippen molar-refractivity contribution in [1.82, 2.24) is 9.97 Å². The molecule has 2 aromatic heterocycles. The molecule has 0 aliphatic rings. The lowest BCUT2D eigenvalue weighted by Gasteiger charge is -2.15. The molecule has 0 bridgehead atoms. The summed E-state index contributed by atoms with van der Waals surface area (Å²) in [7, 11) is 0. The zero-order valence-corrected chi connectivity index (χ0v) is 11.6. The van der Waals surface area contributed by atoms with Crippen LogP contribution in [0.3, 0.4) is 0 Å². The van der Waals surface area contributed by atoms with Crippen LogP contribution in [0.4, 0.5) is 0 Å². The van der Waals surface area contributed by atoms with Crippen LogP contribution < -0.4 is 0 Å². The van der Waals surface area contributed by atoms with Gasteiger partial charge >= 0.3 is 0 Å². The van der Waals surface area contributed by atoms with Crippen LogP contribution in [0.15, 0.2) is 53.8 Å². The topological polar surface area (TPSA) is 38.1 Å². The molecule has 0 aromatic carbocycles. The third-order valence-corrected chi connectivity index (χ3v) is 2.55. The van der Waals surface area contributed by atoms with Crippen molar-refractivity contribution in [2.75, 3.05) is 0 Å². The number of hydrogen-bond acceptors (Lipinski definition) is 3. The van der Waals surface area contributed by atoms with Crippen molar-refractivity contribution >= 4 is 6.21 Å². The molecule has 0 fully saturated rings. The van der Waals surface area contributed by atoms with Crippen molar-refractivity contribution in [3.8, 4) is 0 Å². The number of aliphatic imine (C=N–C) groups is 1. The minimum Gasteiger partial charge on any atom is -0.281 e. The average molecular weight is 253 g/mol. The highest BCUT2D eigenvalue weighted by atomic mass is 14.9. The van der Waals surface area contributed by atoms with Crippen LogP contribution in [0.2, 0.25) is 0 Å². The molecule has 3 nitrogen and oxygen atoms in total. The van der Waals surface area contributed by atoms with E-state index in [9.17, 15) is 0 Å². The first-order chi connectivity index (χ1) is 9.06. The van der Waals surface area contributed by atoms with Gasteiger partial charge in [-0.25, -0.2) is 0 Å². The van der Waals surface area contributed by atoms with Gasteiger partial charge in [-0.05, 0) is 29.7 Å². The molecule has 2 rings (SSSR count). The first-order valence-electron chi connectivity index (χ1n) is 6.42. The van der Waals surface area contributed by atoms with E-state index in [1.165, 1.54) is 0 Å². The summed E-state index contributed by atoms with van der Waals surface area (Å²) in [5.41, 5.74) is 1.88. The van der Waals surface area contributed by atoms with E-state index in [0.29, 0.717) is 0 Å². The predicted molar refractivity (Wildman–Crippen MR) is 78.3 cm³/mol. The van der Waals surface area contributed by atoms with E-state index in [-0.39, 0.29) is 11.5 Å². The Hall–Kier alpha value is -2.03. The Morgan fingerprint density at radius 1 is 0.947 bits per heavy atom. The first kappa shape index (κ1) is 13.4. The Balaban J connectivity index is 2.38. The molecular formula is C16H19N3. The standard InChI is InChI=1S/C16H19N3/c1-16(2,3)12-19-15(13-8-4-6-10-17-13)14-9-5-7-11-18-14/h4-12,15H,1-3H3. The maximum atomic E-state index is 4.69. The molecule has 0 atom stereocenters. The lowest BCUT2D eigenvalue weighted by molar-refractivity contribution is 0.599. The Bertz CT molecular complexity index is 487. The van der Waals surface area contributed by atoms with Crippen LogP contribution >= 0.6 is 0 Å². The van der Waals surface area contributed by atoms with E-state index in [4.69, 9.17) is 0 Å². The van der Waals surface area contributed by atoms with Crippen molar-refractivity contribution in [1.29, 1.82) is 0 Å². The van der Waals surface area contributed by atoms with Crippen molar-refractivity contribution in [3.63, 3.8) is 0 Å². The Morgan fingerprint density at radius 3 is 1.84 bits per heavy atom. The van der Waals surface area contributed by atoms with E-state index >= 15 is 0 Å². The van der Waals surface area contributed by atoms with Crippen molar-refractivity contribution < 1.29 is 0 Å². The SMILES string of the molecule is CC(C)(C)C=NC(c1ccccn1)c1ccccn1. The second-order valence-electron chi connectivity index (χ2n) is 5.56. The van der Waals surface area contributed by atoms with Gasteiger partial charge in [0, 0.05) is 18.6 Å². The van der Waals surface area contributed by atoms with Gasteiger partial charge < -0.3 is 0 Å². The van der Waals surface area contributed by atoms with Crippen molar-refractivity contribution in [2.24, 2.45) is 10.4 Å². The molecule has 0 aliphatic heterocycles. The Morgan fingerprint density at radius 2 is 1.47 bits per heavy atom. The highest BCUT2D eigenvalue weighted by molar-refractivity contribution is 5.64. The number of nitrogens with zero attached hydrogens (tertiary/aromatic N) is 3. The maximum Gasteiger partial charge on any atom is 0.133 e. The normalized spacial score (nSPS) is 12.2. The van der Waals surface area contributed by atoms with Crippen LogP contribution in [-0.2, 0) is 0 Å². The Labute approximate surface area is 114 Å². The summed E-state index contributed by atoms with van der Waals surface area (Å²) >= 11 is 0. The quantitative estimate of drug-likeness (QED) is 0.782. The molecule has 3 heteroatoms. The summed E-state index contributed by atoms with van der Waals surface area (Å²) in [6, 6.07) is 11.6. The minimum atomic E-state index is -0.137. The Kier molecular flexibility index (Phi) is 4.05. The molecule has 0 spiro atoms. The molecule has 19 heavy (non-hydrogen) atoms. The van der Waals surface area contributed by atoms with Gasteiger partial charge in [0.05, 0.1) is 11.4 Å². The molecule has 0 amide bonds. The lowest BCUT2D eigenvalue weighted by Crippen LogP contribution is -2.10. The fraction of sp³-hybridized carbons (Fsp3) is 0.312. The smallest absolute Gasteiger partial charge is 0.133 e. The lowest BCUT2D eigenvalue weighted by atomic mass is 9.98. The van der Waals surface area contributed by atoms with Crippen molar-refractivity contribution in [3.05, 3.63) is 60.2 Å². The van der Waals surface area contributed by atoms with E-state index in [2.05, 4.69) is 35.7 Å². The molecular weight excluding hydrogens is 234 g/mol. The van der Waals surface area contributed by atoms with E-state index < -0.39 is 0 Å². The van der Waals surface area contributed by atoms with Gasteiger partial charge in [0.25, 0.3) is 0 Å². The third-order valence-electron chi connectivity index (χ3n) is 2.55. The van der Waals surface area contributed by atoms with Gasteiger partial charge in [0.15, 0.2) is 0 Å². The van der Waals surface area contributed by atoms with Crippen LogP contribution in [0.5, 0.6) is 0 Å². The summed E-state index contributed by atoms with van der Waals surface area (Å²) in [5, 5.41) is 0. The van der Waals surface area contributed by atoms with E-state index in [0.717, 1.165) is 11.4 Å². The van der Waals surface area contributed by atoms with Crippen LogP contribution in [0.1, 0.15) is 38.2 Å². The fourth-order valence-electron chi connectivity index (χ4n) is 1.68. The summed E-state index contributed by atoms with van der Waals surface area (Å²) in [6.07, 6.45) is 5.55. The zero-order valence-electron chi connectivity index (χ0n) is 11.6. The van der Waals surface area contributed by atoms with Crippen LogP contribution in [-0.4, -0.2) is 16.2 Å². The predicted octanol–water partition coefficient (Wildman–Crippen LogP) is 3.68. The van der Waals surface area contributed by atoms with Crippen molar-refractivity contribution in [2.45, 2.75) is 26.8 Å². The second kappa shape index (κ2) is 5.74. The molecule has 98 valence electrons. The summed E-state index contributed by atoms with van der Waals surface area (Å²) in [6.45, 7) is 6.39. The van der Waals surface area contributed by atoms with Crippen LogP contribution in [0.25, 0.3) is 0 Å². The molecule has 2 aromatic rings. The van der Waals surface area contributed by atoms with Gasteiger partial charge in [-0.2, -0.15) is 0 Å². The van der Waals surface area contributed by atoms with E-state index in [1.807, 2.05) is 42.6 Å². The number of hydrogen-bond donors (Lipinski definition) is 0. The molecule has 0 aliphatic carbocycles. The summed E-state index contributed by atoms with van der Waals surface area (Å²) in [4.78, 5) is 13.5. The maximum absolute atomic E-state index is 4.69. The largest absolute Gasteiger partial charge is 0.281 e. The molecule has 0 unspecified atom stereocenters. The average Bonchev–Trinajstić information content (AvgIpc) is 2.40.